The lowest BCUT2D eigenvalue weighted by molar-refractivity contribution is -0.385. The van der Waals surface area contributed by atoms with E-state index in [2.05, 4.69) is 5.32 Å². The molecule has 7 nitrogen and oxygen atoms in total. The van der Waals surface area contributed by atoms with E-state index in [1.54, 1.807) is 0 Å². The second kappa shape index (κ2) is 7.58. The van der Waals surface area contributed by atoms with Crippen LogP contribution in [0.3, 0.4) is 0 Å². The molecule has 0 aliphatic rings. The van der Waals surface area contributed by atoms with Crippen LogP contribution in [0.1, 0.15) is 30.6 Å². The molecule has 0 aliphatic carbocycles. The van der Waals surface area contributed by atoms with Crippen molar-refractivity contribution in [1.29, 1.82) is 0 Å². The minimum atomic E-state index is -0.579. The summed E-state index contributed by atoms with van der Waals surface area (Å²) >= 11 is 0. The van der Waals surface area contributed by atoms with E-state index in [9.17, 15) is 14.9 Å². The van der Waals surface area contributed by atoms with Crippen LogP contribution in [-0.2, 0) is 0 Å². The van der Waals surface area contributed by atoms with Gasteiger partial charge >= 0.3 is 5.69 Å². The molecule has 0 saturated heterocycles. The third kappa shape index (κ3) is 4.71. The number of nitro groups is 1. The lowest BCUT2D eigenvalue weighted by atomic mass is 10.0. The number of hydrogen-bond donors (Lipinski definition) is 2. The Labute approximate surface area is 123 Å². The average molecular weight is 295 g/mol. The van der Waals surface area contributed by atoms with E-state index in [1.807, 2.05) is 13.8 Å². The molecule has 3 N–H and O–H groups in total. The topological polar surface area (TPSA) is 107 Å². The number of nitrogens with two attached hydrogens (primary N) is 1. The van der Waals surface area contributed by atoms with Crippen LogP contribution in [0, 0.1) is 16.0 Å². The van der Waals surface area contributed by atoms with Crippen molar-refractivity contribution in [2.24, 2.45) is 11.7 Å². The predicted molar refractivity (Wildman–Crippen MR) is 79.4 cm³/mol. The number of carbonyl (C=O) groups is 1. The Hall–Kier alpha value is -2.15. The van der Waals surface area contributed by atoms with Crippen LogP contribution in [0.15, 0.2) is 18.2 Å². The smallest absolute Gasteiger partial charge is 0.311 e. The summed E-state index contributed by atoms with van der Waals surface area (Å²) in [6.07, 6.45) is 0.750. The number of methoxy groups -OCH3 is 1. The zero-order chi connectivity index (χ0) is 16.0. The van der Waals surface area contributed by atoms with Crippen LogP contribution in [0.4, 0.5) is 5.69 Å². The molecule has 0 heterocycles. The molecule has 0 fully saturated rings. The second-order valence-corrected chi connectivity index (χ2v) is 5.18. The molecule has 0 saturated carbocycles. The molecular formula is C14H21N3O4. The van der Waals surface area contributed by atoms with Gasteiger partial charge in [-0.05, 0) is 24.5 Å². The minimum absolute atomic E-state index is 0.120. The molecule has 116 valence electrons. The van der Waals surface area contributed by atoms with Gasteiger partial charge in [0.25, 0.3) is 5.91 Å². The molecular weight excluding hydrogens is 274 g/mol. The van der Waals surface area contributed by atoms with E-state index >= 15 is 0 Å². The van der Waals surface area contributed by atoms with Crippen molar-refractivity contribution in [3.8, 4) is 5.75 Å². The first-order valence-electron chi connectivity index (χ1n) is 6.72. The molecule has 1 amide bonds. The summed E-state index contributed by atoms with van der Waals surface area (Å²) in [5.41, 5.74) is 5.60. The molecule has 21 heavy (non-hydrogen) atoms. The van der Waals surface area contributed by atoms with Gasteiger partial charge in [-0.2, -0.15) is 0 Å². The van der Waals surface area contributed by atoms with Gasteiger partial charge in [0, 0.05) is 24.2 Å². The lowest BCUT2D eigenvalue weighted by Crippen LogP contribution is -2.41. The molecule has 0 radical (unpaired) electrons. The Kier molecular flexibility index (Phi) is 6.10. The van der Waals surface area contributed by atoms with Gasteiger partial charge in [-0.25, -0.2) is 0 Å². The molecule has 0 bridgehead atoms. The Morgan fingerprint density at radius 1 is 1.48 bits per heavy atom. The molecule has 1 unspecified atom stereocenters. The van der Waals surface area contributed by atoms with Crippen molar-refractivity contribution in [1.82, 2.24) is 5.32 Å². The quantitative estimate of drug-likeness (QED) is 0.588. The van der Waals surface area contributed by atoms with Crippen molar-refractivity contribution < 1.29 is 14.5 Å². The largest absolute Gasteiger partial charge is 0.490 e. The van der Waals surface area contributed by atoms with Crippen LogP contribution < -0.4 is 15.8 Å². The Bertz CT molecular complexity index is 517. The van der Waals surface area contributed by atoms with E-state index < -0.39 is 4.92 Å². The van der Waals surface area contributed by atoms with Crippen LogP contribution in [0.5, 0.6) is 5.75 Å². The summed E-state index contributed by atoms with van der Waals surface area (Å²) in [7, 11) is 1.34. The number of nitro benzene ring substituents is 1. The molecule has 1 atom stereocenters. The molecule has 0 spiro atoms. The molecule has 1 aromatic carbocycles. The minimum Gasteiger partial charge on any atom is -0.490 e. The van der Waals surface area contributed by atoms with E-state index in [1.165, 1.54) is 25.3 Å². The SMILES string of the molecule is COc1ccc(C(=O)NC(CN)CC(C)C)cc1[N+](=O)[O-]. The zero-order valence-corrected chi connectivity index (χ0v) is 12.5. The van der Waals surface area contributed by atoms with Gasteiger partial charge < -0.3 is 15.8 Å². The van der Waals surface area contributed by atoms with Crippen molar-refractivity contribution in [2.75, 3.05) is 13.7 Å². The fraction of sp³-hybridized carbons (Fsp3) is 0.500. The number of hydrogen-bond acceptors (Lipinski definition) is 5. The second-order valence-electron chi connectivity index (χ2n) is 5.18. The van der Waals surface area contributed by atoms with Gasteiger partial charge in [0.05, 0.1) is 12.0 Å². The maximum atomic E-state index is 12.1. The van der Waals surface area contributed by atoms with Gasteiger partial charge in [-0.15, -0.1) is 0 Å². The summed E-state index contributed by atoms with van der Waals surface area (Å²) in [6, 6.07) is 3.95. The van der Waals surface area contributed by atoms with Crippen molar-refractivity contribution in [3.05, 3.63) is 33.9 Å². The highest BCUT2D eigenvalue weighted by atomic mass is 16.6. The number of amides is 1. The van der Waals surface area contributed by atoms with Gasteiger partial charge in [0.1, 0.15) is 0 Å². The van der Waals surface area contributed by atoms with Gasteiger partial charge in [0.2, 0.25) is 0 Å². The van der Waals surface area contributed by atoms with E-state index in [0.717, 1.165) is 6.42 Å². The first-order chi connectivity index (χ1) is 9.88. The summed E-state index contributed by atoms with van der Waals surface area (Å²) in [4.78, 5) is 22.5. The standard InChI is InChI=1S/C14H21N3O4/c1-9(2)6-11(8-15)16-14(18)10-4-5-13(21-3)12(7-10)17(19)20/h4-5,7,9,11H,6,8,15H2,1-3H3,(H,16,18). The van der Waals surface area contributed by atoms with E-state index in [0.29, 0.717) is 12.5 Å². The monoisotopic (exact) mass is 295 g/mol. The molecule has 1 rings (SSSR count). The number of rotatable bonds is 7. The predicted octanol–water partition coefficient (Wildman–Crippen LogP) is 1.71. The molecule has 0 aromatic heterocycles. The van der Waals surface area contributed by atoms with Gasteiger partial charge in [0.15, 0.2) is 5.75 Å². The Balaban J connectivity index is 2.92. The lowest BCUT2D eigenvalue weighted by Gasteiger charge is -2.18. The average Bonchev–Trinajstić information content (AvgIpc) is 2.45. The maximum absolute atomic E-state index is 12.1. The number of benzene rings is 1. The van der Waals surface area contributed by atoms with Gasteiger partial charge in [-0.1, -0.05) is 13.8 Å². The van der Waals surface area contributed by atoms with Crippen LogP contribution in [0.2, 0.25) is 0 Å². The number of nitrogens with one attached hydrogen (secondary N) is 1. The molecule has 7 heteroatoms. The highest BCUT2D eigenvalue weighted by molar-refractivity contribution is 5.95. The van der Waals surface area contributed by atoms with E-state index in [4.69, 9.17) is 10.5 Å². The normalized spacial score (nSPS) is 12.0. The summed E-state index contributed by atoms with van der Waals surface area (Å²) < 4.78 is 4.90. The third-order valence-electron chi connectivity index (χ3n) is 3.01. The maximum Gasteiger partial charge on any atom is 0.311 e. The number of nitrogens with zero attached hydrogens (tertiary/aromatic N) is 1. The summed E-state index contributed by atoms with van der Waals surface area (Å²) in [5.74, 6) is 0.134. The zero-order valence-electron chi connectivity index (χ0n) is 12.5. The number of ether oxygens (including phenoxy) is 1. The van der Waals surface area contributed by atoms with E-state index in [-0.39, 0.29) is 28.9 Å². The van der Waals surface area contributed by atoms with Crippen molar-refractivity contribution in [2.45, 2.75) is 26.3 Å². The number of carbonyl (C=O) groups excluding carboxylic acids is 1. The first-order valence-corrected chi connectivity index (χ1v) is 6.72. The van der Waals surface area contributed by atoms with Crippen LogP contribution in [-0.4, -0.2) is 30.5 Å². The highest BCUT2D eigenvalue weighted by Gasteiger charge is 2.20. The highest BCUT2D eigenvalue weighted by Crippen LogP contribution is 2.27. The Morgan fingerprint density at radius 3 is 2.62 bits per heavy atom. The Morgan fingerprint density at radius 2 is 2.14 bits per heavy atom. The van der Waals surface area contributed by atoms with Gasteiger partial charge in [-0.3, -0.25) is 14.9 Å². The fourth-order valence-electron chi connectivity index (χ4n) is 2.03. The van der Waals surface area contributed by atoms with Crippen LogP contribution >= 0.6 is 0 Å². The summed E-state index contributed by atoms with van der Waals surface area (Å²) in [5, 5.41) is 13.7. The first kappa shape index (κ1) is 16.9. The summed E-state index contributed by atoms with van der Waals surface area (Å²) in [6.45, 7) is 4.39. The third-order valence-corrected chi connectivity index (χ3v) is 3.01. The van der Waals surface area contributed by atoms with Crippen molar-refractivity contribution in [3.63, 3.8) is 0 Å². The fourth-order valence-corrected chi connectivity index (χ4v) is 2.03. The van der Waals surface area contributed by atoms with Crippen LogP contribution in [0.25, 0.3) is 0 Å². The molecule has 0 aliphatic heterocycles. The molecule has 1 aromatic rings. The van der Waals surface area contributed by atoms with Crippen molar-refractivity contribution >= 4 is 11.6 Å².